The lowest BCUT2D eigenvalue weighted by Gasteiger charge is -2.09. The van der Waals surface area contributed by atoms with Gasteiger partial charge in [-0.05, 0) is 37.3 Å². The highest BCUT2D eigenvalue weighted by Gasteiger charge is 2.13. The van der Waals surface area contributed by atoms with Gasteiger partial charge in [0.2, 0.25) is 0 Å². The summed E-state index contributed by atoms with van der Waals surface area (Å²) in [7, 11) is 0. The molecule has 0 spiro atoms. The van der Waals surface area contributed by atoms with Crippen molar-refractivity contribution in [1.29, 1.82) is 0 Å². The Hall–Kier alpha value is -3.74. The number of fused-ring (bicyclic) bond motifs is 1. The monoisotopic (exact) mass is 345 g/mol. The maximum Gasteiger partial charge on any atom is 0.335 e. The number of anilines is 2. The smallest absolute Gasteiger partial charge is 0.335 e. The number of hydrogen-bond acceptors (Lipinski definition) is 5. The lowest BCUT2D eigenvalue weighted by Crippen LogP contribution is -2.02. The number of carboxylic acids is 1. The van der Waals surface area contributed by atoms with Crippen LogP contribution in [0.25, 0.3) is 16.7 Å². The molecule has 7 heteroatoms. The Balaban J connectivity index is 1.80. The van der Waals surface area contributed by atoms with Crippen molar-refractivity contribution in [1.82, 2.24) is 19.7 Å². The van der Waals surface area contributed by atoms with Gasteiger partial charge in [-0.25, -0.2) is 19.4 Å². The van der Waals surface area contributed by atoms with E-state index >= 15 is 0 Å². The third-order valence-electron chi connectivity index (χ3n) is 3.91. The fourth-order valence-corrected chi connectivity index (χ4v) is 2.74. The Bertz CT molecular complexity index is 1110. The van der Waals surface area contributed by atoms with Gasteiger partial charge < -0.3 is 10.4 Å². The van der Waals surface area contributed by atoms with Gasteiger partial charge in [-0.15, -0.1) is 0 Å². The molecule has 4 aromatic rings. The van der Waals surface area contributed by atoms with E-state index in [0.29, 0.717) is 23.0 Å². The van der Waals surface area contributed by atoms with Crippen molar-refractivity contribution in [2.75, 3.05) is 5.32 Å². The minimum absolute atomic E-state index is 0.206. The molecule has 0 aliphatic rings. The number of nitrogens with one attached hydrogen (secondary N) is 1. The molecule has 4 rings (SSSR count). The third kappa shape index (κ3) is 2.86. The summed E-state index contributed by atoms with van der Waals surface area (Å²) in [5.41, 5.74) is 2.42. The standard InChI is InChI=1S/C19H15N5O2/c1-12-21-17(23-14-7-5-6-13(10-14)19(25)26)16-11-20-24(18(16)22-12)15-8-3-2-4-9-15/h2-11H,1H3,(H,25,26)(H,21,22,23). The first-order chi connectivity index (χ1) is 12.6. The number of benzene rings is 2. The summed E-state index contributed by atoms with van der Waals surface area (Å²) < 4.78 is 1.75. The Kier molecular flexibility index (Phi) is 3.81. The molecule has 0 atom stereocenters. The Morgan fingerprint density at radius 3 is 2.65 bits per heavy atom. The molecule has 26 heavy (non-hydrogen) atoms. The van der Waals surface area contributed by atoms with Crippen molar-refractivity contribution in [3.05, 3.63) is 72.2 Å². The van der Waals surface area contributed by atoms with Crippen LogP contribution in [0, 0.1) is 6.92 Å². The second-order valence-electron chi connectivity index (χ2n) is 5.76. The molecule has 2 aromatic carbocycles. The Labute approximate surface area is 149 Å². The van der Waals surface area contributed by atoms with Crippen LogP contribution in [0.5, 0.6) is 0 Å². The van der Waals surface area contributed by atoms with Crippen LogP contribution in [-0.2, 0) is 0 Å². The van der Waals surface area contributed by atoms with E-state index in [9.17, 15) is 4.79 Å². The predicted octanol–water partition coefficient (Wildman–Crippen LogP) is 3.57. The molecule has 0 aliphatic heterocycles. The summed E-state index contributed by atoms with van der Waals surface area (Å²) in [6.45, 7) is 1.81. The van der Waals surface area contributed by atoms with E-state index < -0.39 is 5.97 Å². The average Bonchev–Trinajstić information content (AvgIpc) is 3.06. The number of aryl methyl sites for hydroxylation is 1. The molecular formula is C19H15N5O2. The van der Waals surface area contributed by atoms with Gasteiger partial charge in [0.05, 0.1) is 22.8 Å². The molecule has 7 nitrogen and oxygen atoms in total. The van der Waals surface area contributed by atoms with Crippen LogP contribution < -0.4 is 5.32 Å². The van der Waals surface area contributed by atoms with E-state index in [-0.39, 0.29) is 5.56 Å². The fourth-order valence-electron chi connectivity index (χ4n) is 2.74. The zero-order chi connectivity index (χ0) is 18.1. The second-order valence-corrected chi connectivity index (χ2v) is 5.76. The number of para-hydroxylation sites is 1. The number of nitrogens with zero attached hydrogens (tertiary/aromatic N) is 4. The second kappa shape index (κ2) is 6.29. The molecule has 2 N–H and O–H groups in total. The highest BCUT2D eigenvalue weighted by atomic mass is 16.4. The van der Waals surface area contributed by atoms with E-state index in [0.717, 1.165) is 11.1 Å². The van der Waals surface area contributed by atoms with E-state index in [1.54, 1.807) is 42.1 Å². The van der Waals surface area contributed by atoms with Crippen molar-refractivity contribution >= 4 is 28.5 Å². The molecule has 0 fully saturated rings. The van der Waals surface area contributed by atoms with E-state index in [4.69, 9.17) is 5.11 Å². The zero-order valence-corrected chi connectivity index (χ0v) is 13.9. The highest BCUT2D eigenvalue weighted by molar-refractivity contribution is 5.91. The normalized spacial score (nSPS) is 10.8. The van der Waals surface area contributed by atoms with Gasteiger partial charge in [0.25, 0.3) is 0 Å². The summed E-state index contributed by atoms with van der Waals surface area (Å²) >= 11 is 0. The van der Waals surface area contributed by atoms with Gasteiger partial charge in [0.1, 0.15) is 11.6 Å². The minimum atomic E-state index is -0.977. The van der Waals surface area contributed by atoms with Crippen molar-refractivity contribution in [2.45, 2.75) is 6.92 Å². The van der Waals surface area contributed by atoms with Crippen LogP contribution in [0.2, 0.25) is 0 Å². The summed E-state index contributed by atoms with van der Waals surface area (Å²) in [5.74, 6) is 0.193. The number of rotatable bonds is 4. The van der Waals surface area contributed by atoms with Gasteiger partial charge in [0.15, 0.2) is 5.65 Å². The molecule has 0 saturated carbocycles. The summed E-state index contributed by atoms with van der Waals surface area (Å²) in [4.78, 5) is 20.1. The zero-order valence-electron chi connectivity index (χ0n) is 13.9. The lowest BCUT2D eigenvalue weighted by molar-refractivity contribution is 0.0697. The van der Waals surface area contributed by atoms with Gasteiger partial charge in [0, 0.05) is 5.69 Å². The first kappa shape index (κ1) is 15.8. The SMILES string of the molecule is Cc1nc(Nc2cccc(C(=O)O)c2)c2cnn(-c3ccccc3)c2n1. The summed E-state index contributed by atoms with van der Waals surface area (Å²) in [6, 6.07) is 16.3. The highest BCUT2D eigenvalue weighted by Crippen LogP contribution is 2.25. The summed E-state index contributed by atoms with van der Waals surface area (Å²) in [5, 5.41) is 17.5. The molecule has 0 bridgehead atoms. The maximum atomic E-state index is 11.2. The lowest BCUT2D eigenvalue weighted by atomic mass is 10.2. The Morgan fingerprint density at radius 2 is 1.88 bits per heavy atom. The minimum Gasteiger partial charge on any atom is -0.478 e. The first-order valence-electron chi connectivity index (χ1n) is 8.00. The van der Waals surface area contributed by atoms with Gasteiger partial charge >= 0.3 is 5.97 Å². The first-order valence-corrected chi connectivity index (χ1v) is 8.00. The van der Waals surface area contributed by atoms with Crippen LogP contribution in [0.4, 0.5) is 11.5 Å². The van der Waals surface area contributed by atoms with Crippen LogP contribution in [0.1, 0.15) is 16.2 Å². The van der Waals surface area contributed by atoms with Crippen molar-refractivity contribution in [3.63, 3.8) is 0 Å². The molecule has 128 valence electrons. The molecule has 0 aliphatic carbocycles. The third-order valence-corrected chi connectivity index (χ3v) is 3.91. The fraction of sp³-hybridized carbons (Fsp3) is 0.0526. The van der Waals surface area contributed by atoms with E-state index in [2.05, 4.69) is 20.4 Å². The molecule has 2 aromatic heterocycles. The topological polar surface area (TPSA) is 92.9 Å². The van der Waals surface area contributed by atoms with Gasteiger partial charge in [-0.3, -0.25) is 0 Å². The quantitative estimate of drug-likeness (QED) is 0.587. The summed E-state index contributed by atoms with van der Waals surface area (Å²) in [6.07, 6.45) is 1.70. The maximum absolute atomic E-state index is 11.2. The van der Waals surface area contributed by atoms with Crippen molar-refractivity contribution in [2.24, 2.45) is 0 Å². The molecule has 0 unspecified atom stereocenters. The number of carbonyl (C=O) groups is 1. The predicted molar refractivity (Wildman–Crippen MR) is 98.1 cm³/mol. The number of carboxylic acid groups (broad SMARTS) is 1. The number of aromatic carboxylic acids is 1. The molecule has 0 radical (unpaired) electrons. The van der Waals surface area contributed by atoms with Gasteiger partial charge in [-0.1, -0.05) is 24.3 Å². The molecule has 0 amide bonds. The van der Waals surface area contributed by atoms with Crippen LogP contribution in [0.3, 0.4) is 0 Å². The van der Waals surface area contributed by atoms with Crippen LogP contribution >= 0.6 is 0 Å². The van der Waals surface area contributed by atoms with Crippen molar-refractivity contribution in [3.8, 4) is 5.69 Å². The molecule has 0 saturated heterocycles. The average molecular weight is 345 g/mol. The molecular weight excluding hydrogens is 330 g/mol. The number of hydrogen-bond donors (Lipinski definition) is 2. The number of aromatic nitrogens is 4. The molecule has 2 heterocycles. The van der Waals surface area contributed by atoms with E-state index in [1.807, 2.05) is 30.3 Å². The van der Waals surface area contributed by atoms with E-state index in [1.165, 1.54) is 0 Å². The van der Waals surface area contributed by atoms with Crippen LogP contribution in [0.15, 0.2) is 60.8 Å². The largest absolute Gasteiger partial charge is 0.478 e. The van der Waals surface area contributed by atoms with Crippen molar-refractivity contribution < 1.29 is 9.90 Å². The Morgan fingerprint density at radius 1 is 1.08 bits per heavy atom. The van der Waals surface area contributed by atoms with Crippen LogP contribution in [-0.4, -0.2) is 30.8 Å². The van der Waals surface area contributed by atoms with Gasteiger partial charge in [-0.2, -0.15) is 5.10 Å².